The van der Waals surface area contributed by atoms with Gasteiger partial charge in [0.25, 0.3) is 0 Å². The second kappa shape index (κ2) is 5.24. The van der Waals surface area contributed by atoms with Gasteiger partial charge < -0.3 is 5.73 Å². The average Bonchev–Trinajstić information content (AvgIpc) is 2.46. The molecule has 4 nitrogen and oxygen atoms in total. The molecule has 0 saturated carbocycles. The van der Waals surface area contributed by atoms with E-state index in [0.29, 0.717) is 5.82 Å². The molecule has 0 amide bonds. The zero-order valence-electron chi connectivity index (χ0n) is 10.2. The van der Waals surface area contributed by atoms with Crippen LogP contribution in [-0.2, 0) is 5.75 Å². The lowest BCUT2D eigenvalue weighted by molar-refractivity contribution is 1.05. The van der Waals surface area contributed by atoms with Crippen molar-refractivity contribution in [1.82, 2.24) is 15.0 Å². The summed E-state index contributed by atoms with van der Waals surface area (Å²) in [6.45, 7) is 0. The molecule has 0 aliphatic rings. The molecule has 1 aromatic carbocycles. The molecule has 5 heteroatoms. The van der Waals surface area contributed by atoms with Crippen LogP contribution in [0.2, 0.25) is 0 Å². The molecule has 2 aromatic heterocycles. The predicted octanol–water partition coefficient (Wildman–Crippen LogP) is 2.90. The van der Waals surface area contributed by atoms with Gasteiger partial charge in [-0.3, -0.25) is 0 Å². The largest absolute Gasteiger partial charge is 0.383 e. The van der Waals surface area contributed by atoms with Gasteiger partial charge >= 0.3 is 0 Å². The number of para-hydroxylation sites is 1. The molecule has 19 heavy (non-hydrogen) atoms. The molecule has 0 unspecified atom stereocenters. The van der Waals surface area contributed by atoms with E-state index in [4.69, 9.17) is 5.73 Å². The van der Waals surface area contributed by atoms with Crippen molar-refractivity contribution in [2.45, 2.75) is 10.8 Å². The lowest BCUT2D eigenvalue weighted by Crippen LogP contribution is -1.97. The molecule has 0 saturated heterocycles. The highest BCUT2D eigenvalue weighted by Crippen LogP contribution is 2.25. The third-order valence-electron chi connectivity index (χ3n) is 2.77. The SMILES string of the molecule is Nc1nc2ccccc2cc1CSc1ccncn1. The molecule has 0 aliphatic carbocycles. The van der Waals surface area contributed by atoms with E-state index < -0.39 is 0 Å². The number of nitrogens with zero attached hydrogens (tertiary/aromatic N) is 3. The lowest BCUT2D eigenvalue weighted by Gasteiger charge is -2.06. The van der Waals surface area contributed by atoms with Crippen LogP contribution in [0.15, 0.2) is 53.9 Å². The van der Waals surface area contributed by atoms with Gasteiger partial charge in [-0.25, -0.2) is 15.0 Å². The molecular weight excluding hydrogens is 256 g/mol. The number of nitrogen functional groups attached to an aromatic ring is 1. The highest BCUT2D eigenvalue weighted by molar-refractivity contribution is 7.98. The van der Waals surface area contributed by atoms with Crippen LogP contribution in [0, 0.1) is 0 Å². The molecule has 0 atom stereocenters. The van der Waals surface area contributed by atoms with Gasteiger partial charge in [-0.2, -0.15) is 0 Å². The van der Waals surface area contributed by atoms with Crippen LogP contribution in [0.1, 0.15) is 5.56 Å². The van der Waals surface area contributed by atoms with Crippen molar-refractivity contribution >= 4 is 28.5 Å². The van der Waals surface area contributed by atoms with Crippen molar-refractivity contribution in [1.29, 1.82) is 0 Å². The van der Waals surface area contributed by atoms with E-state index in [1.807, 2.05) is 30.3 Å². The minimum atomic E-state index is 0.584. The molecule has 0 fully saturated rings. The molecule has 0 bridgehead atoms. The van der Waals surface area contributed by atoms with E-state index >= 15 is 0 Å². The smallest absolute Gasteiger partial charge is 0.128 e. The number of hydrogen-bond acceptors (Lipinski definition) is 5. The summed E-state index contributed by atoms with van der Waals surface area (Å²) in [5.74, 6) is 1.33. The Morgan fingerprint density at radius 2 is 2.05 bits per heavy atom. The molecule has 3 aromatic rings. The number of hydrogen-bond donors (Lipinski definition) is 1. The topological polar surface area (TPSA) is 64.7 Å². The number of aromatic nitrogens is 3. The highest BCUT2D eigenvalue weighted by atomic mass is 32.2. The Morgan fingerprint density at radius 1 is 1.16 bits per heavy atom. The fourth-order valence-corrected chi connectivity index (χ4v) is 2.62. The first kappa shape index (κ1) is 11.9. The monoisotopic (exact) mass is 268 g/mol. The minimum Gasteiger partial charge on any atom is -0.383 e. The number of nitrogens with two attached hydrogens (primary N) is 1. The number of pyridine rings is 1. The highest BCUT2D eigenvalue weighted by Gasteiger charge is 2.05. The fourth-order valence-electron chi connectivity index (χ4n) is 1.81. The third-order valence-corrected chi connectivity index (χ3v) is 3.76. The van der Waals surface area contributed by atoms with Gasteiger partial charge in [0.15, 0.2) is 0 Å². The van der Waals surface area contributed by atoms with Crippen LogP contribution < -0.4 is 5.73 Å². The Balaban J connectivity index is 1.86. The first-order valence-corrected chi connectivity index (χ1v) is 6.84. The standard InChI is InChI=1S/C14H12N4S/c15-14-11(8-19-13-5-6-16-9-17-13)7-10-3-1-2-4-12(10)18-14/h1-7,9H,8H2,(H2,15,18). The van der Waals surface area contributed by atoms with Crippen molar-refractivity contribution < 1.29 is 0 Å². The van der Waals surface area contributed by atoms with E-state index in [1.165, 1.54) is 0 Å². The minimum absolute atomic E-state index is 0.584. The zero-order valence-corrected chi connectivity index (χ0v) is 11.0. The molecule has 2 heterocycles. The van der Waals surface area contributed by atoms with Gasteiger partial charge in [-0.15, -0.1) is 11.8 Å². The Morgan fingerprint density at radius 3 is 2.89 bits per heavy atom. The van der Waals surface area contributed by atoms with E-state index in [9.17, 15) is 0 Å². The van der Waals surface area contributed by atoms with Gasteiger partial charge in [0.05, 0.1) is 10.5 Å². The maximum absolute atomic E-state index is 5.99. The third kappa shape index (κ3) is 2.66. The molecule has 3 rings (SSSR count). The summed E-state index contributed by atoms with van der Waals surface area (Å²) >= 11 is 1.63. The molecule has 2 N–H and O–H groups in total. The predicted molar refractivity (Wildman–Crippen MR) is 77.7 cm³/mol. The van der Waals surface area contributed by atoms with Crippen molar-refractivity contribution in [2.75, 3.05) is 5.73 Å². The lowest BCUT2D eigenvalue weighted by atomic mass is 10.1. The average molecular weight is 268 g/mol. The second-order valence-electron chi connectivity index (χ2n) is 4.06. The molecule has 0 spiro atoms. The van der Waals surface area contributed by atoms with Crippen LogP contribution in [0.4, 0.5) is 5.82 Å². The first-order valence-electron chi connectivity index (χ1n) is 5.86. The second-order valence-corrected chi connectivity index (χ2v) is 5.06. The summed E-state index contributed by atoms with van der Waals surface area (Å²) in [7, 11) is 0. The quantitative estimate of drug-likeness (QED) is 0.584. The number of rotatable bonds is 3. The molecule has 0 aliphatic heterocycles. The van der Waals surface area contributed by atoms with Crippen molar-refractivity contribution in [3.63, 3.8) is 0 Å². The number of benzene rings is 1. The van der Waals surface area contributed by atoms with Gasteiger partial charge in [0.1, 0.15) is 12.1 Å². The number of anilines is 1. The van der Waals surface area contributed by atoms with Crippen LogP contribution in [0.5, 0.6) is 0 Å². The van der Waals surface area contributed by atoms with Gasteiger partial charge in [0, 0.05) is 22.9 Å². The molecule has 94 valence electrons. The summed E-state index contributed by atoms with van der Waals surface area (Å²) < 4.78 is 0. The number of thioether (sulfide) groups is 1. The van der Waals surface area contributed by atoms with Crippen molar-refractivity contribution in [3.8, 4) is 0 Å². The normalized spacial score (nSPS) is 10.7. The zero-order chi connectivity index (χ0) is 13.1. The summed E-state index contributed by atoms with van der Waals surface area (Å²) in [6, 6.07) is 11.9. The van der Waals surface area contributed by atoms with Crippen LogP contribution in [0.25, 0.3) is 10.9 Å². The van der Waals surface area contributed by atoms with E-state index in [0.717, 1.165) is 27.2 Å². The van der Waals surface area contributed by atoms with Crippen LogP contribution >= 0.6 is 11.8 Å². The number of fused-ring (bicyclic) bond motifs is 1. The summed E-state index contributed by atoms with van der Waals surface area (Å²) in [4.78, 5) is 12.5. The molecule has 0 radical (unpaired) electrons. The van der Waals surface area contributed by atoms with Crippen molar-refractivity contribution in [3.05, 3.63) is 54.5 Å². The first-order chi connectivity index (χ1) is 9.33. The van der Waals surface area contributed by atoms with E-state index in [-0.39, 0.29) is 0 Å². The Hall–Kier alpha value is -2.14. The van der Waals surface area contributed by atoms with Gasteiger partial charge in [-0.1, -0.05) is 18.2 Å². The van der Waals surface area contributed by atoms with Gasteiger partial charge in [0.2, 0.25) is 0 Å². The summed E-state index contributed by atoms with van der Waals surface area (Å²) in [5, 5.41) is 2.04. The maximum atomic E-state index is 5.99. The summed E-state index contributed by atoms with van der Waals surface area (Å²) in [6.07, 6.45) is 3.28. The Kier molecular flexibility index (Phi) is 3.29. The van der Waals surface area contributed by atoms with Crippen LogP contribution in [-0.4, -0.2) is 15.0 Å². The molecular formula is C14H12N4S. The van der Waals surface area contributed by atoms with Crippen LogP contribution in [0.3, 0.4) is 0 Å². The van der Waals surface area contributed by atoms with E-state index in [2.05, 4.69) is 21.0 Å². The van der Waals surface area contributed by atoms with E-state index in [1.54, 1.807) is 24.3 Å². The summed E-state index contributed by atoms with van der Waals surface area (Å²) in [5.41, 5.74) is 7.95. The maximum Gasteiger partial charge on any atom is 0.128 e. The Labute approximate surface area is 115 Å². The van der Waals surface area contributed by atoms with Crippen molar-refractivity contribution in [2.24, 2.45) is 0 Å². The Bertz CT molecular complexity index is 700. The fraction of sp³-hybridized carbons (Fsp3) is 0.0714. The van der Waals surface area contributed by atoms with Gasteiger partial charge in [-0.05, 0) is 18.2 Å².